The lowest BCUT2D eigenvalue weighted by Gasteiger charge is -2.29. The lowest BCUT2D eigenvalue weighted by Crippen LogP contribution is -2.53. The van der Waals surface area contributed by atoms with Crippen molar-refractivity contribution in [1.29, 1.82) is 0 Å². The Hall–Kier alpha value is -4.23. The highest BCUT2D eigenvalue weighted by atomic mass is 16.2. The third-order valence-electron chi connectivity index (χ3n) is 8.30. The SMILES string of the molecule is O=C1[C@@H]2C(Cc3c[nH]c4ccccc34)NC3(C(=O)Nc4ccccc43)[C@@H]2C(=O)N1CCc1ccccc1. The van der Waals surface area contributed by atoms with Gasteiger partial charge in [0.1, 0.15) is 5.54 Å². The van der Waals surface area contributed by atoms with E-state index in [1.807, 2.05) is 79.0 Å². The van der Waals surface area contributed by atoms with Crippen LogP contribution in [0.2, 0.25) is 0 Å². The van der Waals surface area contributed by atoms with Crippen LogP contribution >= 0.6 is 0 Å². The first-order valence-electron chi connectivity index (χ1n) is 12.7. The van der Waals surface area contributed by atoms with Gasteiger partial charge in [-0.2, -0.15) is 0 Å². The Labute approximate surface area is 213 Å². The summed E-state index contributed by atoms with van der Waals surface area (Å²) in [6, 6.07) is 25.0. The minimum atomic E-state index is -1.27. The van der Waals surface area contributed by atoms with E-state index in [2.05, 4.69) is 21.7 Å². The molecule has 1 spiro atoms. The van der Waals surface area contributed by atoms with Crippen molar-refractivity contribution in [2.75, 3.05) is 11.9 Å². The summed E-state index contributed by atoms with van der Waals surface area (Å²) in [4.78, 5) is 46.2. The summed E-state index contributed by atoms with van der Waals surface area (Å²) in [5.74, 6) is -2.16. The number of nitrogens with zero attached hydrogens (tertiary/aromatic N) is 1. The molecule has 7 rings (SSSR count). The Morgan fingerprint density at radius 3 is 2.46 bits per heavy atom. The van der Waals surface area contributed by atoms with Gasteiger partial charge in [-0.1, -0.05) is 66.7 Å². The Balaban J connectivity index is 1.29. The van der Waals surface area contributed by atoms with E-state index in [0.717, 1.165) is 27.6 Å². The Bertz CT molecular complexity index is 1560. The zero-order chi connectivity index (χ0) is 25.1. The van der Waals surface area contributed by atoms with Gasteiger partial charge >= 0.3 is 0 Å². The van der Waals surface area contributed by atoms with Gasteiger partial charge < -0.3 is 10.3 Å². The van der Waals surface area contributed by atoms with Crippen molar-refractivity contribution in [1.82, 2.24) is 15.2 Å². The van der Waals surface area contributed by atoms with E-state index in [9.17, 15) is 14.4 Å². The van der Waals surface area contributed by atoms with Crippen LogP contribution in [0.3, 0.4) is 0 Å². The highest BCUT2D eigenvalue weighted by Gasteiger charge is 2.70. The van der Waals surface area contributed by atoms with Gasteiger partial charge in [0, 0.05) is 40.9 Å². The van der Waals surface area contributed by atoms with E-state index < -0.39 is 17.4 Å². The van der Waals surface area contributed by atoms with Gasteiger partial charge in [0.05, 0.1) is 11.8 Å². The number of nitrogens with one attached hydrogen (secondary N) is 3. The molecule has 37 heavy (non-hydrogen) atoms. The highest BCUT2D eigenvalue weighted by molar-refractivity contribution is 6.15. The molecule has 4 atom stereocenters. The fraction of sp³-hybridized carbons (Fsp3) is 0.233. The summed E-state index contributed by atoms with van der Waals surface area (Å²) >= 11 is 0. The minimum absolute atomic E-state index is 0.197. The second-order valence-electron chi connectivity index (χ2n) is 10.2. The first-order chi connectivity index (χ1) is 18.1. The topological polar surface area (TPSA) is 94.3 Å². The van der Waals surface area contributed by atoms with Crippen LogP contribution in [0.15, 0.2) is 85.1 Å². The first kappa shape index (κ1) is 22.0. The molecule has 0 aliphatic carbocycles. The maximum Gasteiger partial charge on any atom is 0.250 e. The number of aromatic amines is 1. The third-order valence-corrected chi connectivity index (χ3v) is 8.30. The highest BCUT2D eigenvalue weighted by Crippen LogP contribution is 2.53. The molecule has 3 aromatic carbocycles. The zero-order valence-electron chi connectivity index (χ0n) is 20.1. The van der Waals surface area contributed by atoms with Crippen LogP contribution in [0.1, 0.15) is 16.7 Å². The number of likely N-dealkylation sites (tertiary alicyclic amines) is 1. The molecule has 7 nitrogen and oxygen atoms in total. The second kappa shape index (κ2) is 8.15. The lowest BCUT2D eigenvalue weighted by molar-refractivity contribution is -0.142. The molecule has 0 saturated carbocycles. The van der Waals surface area contributed by atoms with Crippen molar-refractivity contribution in [3.05, 3.63) is 102 Å². The summed E-state index contributed by atoms with van der Waals surface area (Å²) < 4.78 is 0. The standard InChI is InChI=1S/C30H26N4O3/c35-27-25-24(16-19-17-31-22-12-6-4-10-20(19)22)33-30(21-11-5-7-13-23(21)32-29(30)37)26(25)28(36)34(27)15-14-18-8-2-1-3-9-18/h1-13,17,24-26,31,33H,14-16H2,(H,32,37)/t24?,25-,26+,30?/m1/s1. The van der Waals surface area contributed by atoms with Crippen molar-refractivity contribution in [3.8, 4) is 0 Å². The molecule has 3 N–H and O–H groups in total. The molecule has 1 aromatic heterocycles. The normalized spacial score (nSPS) is 26.2. The Morgan fingerprint density at radius 1 is 0.838 bits per heavy atom. The van der Waals surface area contributed by atoms with Crippen molar-refractivity contribution in [2.24, 2.45) is 11.8 Å². The fourth-order valence-electron chi connectivity index (χ4n) is 6.64. The van der Waals surface area contributed by atoms with Crippen LogP contribution in [-0.4, -0.2) is 40.2 Å². The number of para-hydroxylation sites is 2. The molecule has 3 aliphatic heterocycles. The predicted octanol–water partition coefficient (Wildman–Crippen LogP) is 3.37. The van der Waals surface area contributed by atoms with Crippen molar-refractivity contribution < 1.29 is 14.4 Å². The zero-order valence-corrected chi connectivity index (χ0v) is 20.1. The number of anilines is 1. The molecule has 2 fully saturated rings. The number of amides is 3. The number of rotatable bonds is 5. The molecule has 3 amide bonds. The summed E-state index contributed by atoms with van der Waals surface area (Å²) in [6.07, 6.45) is 3.06. The molecule has 4 heterocycles. The Kier molecular flexibility index (Phi) is 4.84. The molecule has 2 saturated heterocycles. The van der Waals surface area contributed by atoms with Crippen molar-refractivity contribution in [2.45, 2.75) is 24.4 Å². The first-order valence-corrected chi connectivity index (χ1v) is 12.7. The average molecular weight is 491 g/mol. The van der Waals surface area contributed by atoms with E-state index in [4.69, 9.17) is 0 Å². The molecule has 7 heteroatoms. The summed E-state index contributed by atoms with van der Waals surface area (Å²) in [6.45, 7) is 0.299. The molecule has 4 aromatic rings. The van der Waals surface area contributed by atoms with Crippen molar-refractivity contribution >= 4 is 34.3 Å². The van der Waals surface area contributed by atoms with Crippen LogP contribution in [0.5, 0.6) is 0 Å². The quantitative estimate of drug-likeness (QED) is 0.374. The fourth-order valence-corrected chi connectivity index (χ4v) is 6.64. The van der Waals surface area contributed by atoms with E-state index >= 15 is 0 Å². The maximum absolute atomic E-state index is 14.0. The van der Waals surface area contributed by atoms with Crippen molar-refractivity contribution in [3.63, 3.8) is 0 Å². The number of hydrogen-bond donors (Lipinski definition) is 3. The average Bonchev–Trinajstić information content (AvgIpc) is 3.63. The predicted molar refractivity (Wildman–Crippen MR) is 140 cm³/mol. The van der Waals surface area contributed by atoms with Crippen LogP contribution in [0.4, 0.5) is 5.69 Å². The van der Waals surface area contributed by atoms with Crippen LogP contribution in [-0.2, 0) is 32.8 Å². The number of H-pyrrole nitrogens is 1. The molecule has 0 bridgehead atoms. The number of carbonyl (C=O) groups excluding carboxylic acids is 3. The monoisotopic (exact) mass is 490 g/mol. The molecule has 2 unspecified atom stereocenters. The molecule has 184 valence electrons. The molecule has 0 radical (unpaired) electrons. The van der Waals surface area contributed by atoms with Gasteiger partial charge in [-0.3, -0.25) is 24.6 Å². The lowest BCUT2D eigenvalue weighted by atomic mass is 9.76. The molecular weight excluding hydrogens is 464 g/mol. The van der Waals surface area contributed by atoms with Gasteiger partial charge in [0.2, 0.25) is 17.7 Å². The molecule has 3 aliphatic rings. The van der Waals surface area contributed by atoms with Crippen LogP contribution < -0.4 is 10.6 Å². The van der Waals surface area contributed by atoms with Crippen LogP contribution in [0.25, 0.3) is 10.9 Å². The number of carbonyl (C=O) groups is 3. The smallest absolute Gasteiger partial charge is 0.250 e. The third kappa shape index (κ3) is 3.13. The number of fused-ring (bicyclic) bond motifs is 5. The van der Waals surface area contributed by atoms with Gasteiger partial charge in [-0.25, -0.2) is 0 Å². The van der Waals surface area contributed by atoms with Gasteiger partial charge in [0.25, 0.3) is 0 Å². The van der Waals surface area contributed by atoms with E-state index in [1.165, 1.54) is 4.90 Å². The number of aromatic nitrogens is 1. The van der Waals surface area contributed by atoms with E-state index in [0.29, 0.717) is 25.1 Å². The largest absolute Gasteiger partial charge is 0.361 e. The molecular formula is C30H26N4O3. The van der Waals surface area contributed by atoms with E-state index in [1.54, 1.807) is 0 Å². The summed E-state index contributed by atoms with van der Waals surface area (Å²) in [5, 5.41) is 7.59. The van der Waals surface area contributed by atoms with Crippen LogP contribution in [0, 0.1) is 11.8 Å². The summed E-state index contributed by atoms with van der Waals surface area (Å²) in [5.41, 5.74) is 3.29. The van der Waals surface area contributed by atoms with E-state index in [-0.39, 0.29) is 23.8 Å². The van der Waals surface area contributed by atoms with Gasteiger partial charge in [0.15, 0.2) is 0 Å². The second-order valence-corrected chi connectivity index (χ2v) is 10.2. The summed E-state index contributed by atoms with van der Waals surface area (Å²) in [7, 11) is 0. The number of hydrogen-bond acceptors (Lipinski definition) is 4. The maximum atomic E-state index is 14.0. The van der Waals surface area contributed by atoms with Gasteiger partial charge in [-0.05, 0) is 36.1 Å². The number of benzene rings is 3. The van der Waals surface area contributed by atoms with Gasteiger partial charge in [-0.15, -0.1) is 0 Å². The number of imide groups is 1. The minimum Gasteiger partial charge on any atom is -0.361 e. The Morgan fingerprint density at radius 2 is 1.59 bits per heavy atom.